The number of aliphatic carboxylic acids is 2. The van der Waals surface area contributed by atoms with Gasteiger partial charge in [0.1, 0.15) is 5.78 Å². The lowest BCUT2D eigenvalue weighted by molar-refractivity contribution is -0.157. The molecule has 0 fully saturated rings. The van der Waals surface area contributed by atoms with E-state index in [9.17, 15) is 14.4 Å². The molecule has 0 heterocycles. The molecule has 0 aliphatic rings. The van der Waals surface area contributed by atoms with E-state index in [0.29, 0.717) is 0 Å². The van der Waals surface area contributed by atoms with Crippen molar-refractivity contribution in [2.75, 3.05) is 0 Å². The van der Waals surface area contributed by atoms with Crippen molar-refractivity contribution in [2.45, 2.75) is 33.1 Å². The molecule has 0 bridgehead atoms. The van der Waals surface area contributed by atoms with Crippen molar-refractivity contribution in [1.29, 1.82) is 0 Å². The Morgan fingerprint density at radius 2 is 1.64 bits per heavy atom. The van der Waals surface area contributed by atoms with Crippen LogP contribution in [-0.2, 0) is 14.4 Å². The largest absolute Gasteiger partial charge is 0.481 e. The zero-order chi connectivity index (χ0) is 11.4. The molecule has 0 aliphatic heterocycles. The number of carboxylic acid groups (broad SMARTS) is 2. The van der Waals surface area contributed by atoms with Crippen LogP contribution in [0, 0.1) is 5.41 Å². The number of carboxylic acids is 2. The topological polar surface area (TPSA) is 91.7 Å². The second-order valence-electron chi connectivity index (χ2n) is 3.39. The minimum absolute atomic E-state index is 0.133. The first-order valence-electron chi connectivity index (χ1n) is 4.28. The van der Waals surface area contributed by atoms with E-state index < -0.39 is 23.8 Å². The molecule has 2 N–H and O–H groups in total. The van der Waals surface area contributed by atoms with Gasteiger partial charge in [-0.2, -0.15) is 0 Å². The summed E-state index contributed by atoms with van der Waals surface area (Å²) in [6.07, 6.45) is -0.613. The molecule has 0 spiro atoms. The number of ketones is 1. The third-order valence-electron chi connectivity index (χ3n) is 2.21. The van der Waals surface area contributed by atoms with Gasteiger partial charge < -0.3 is 10.2 Å². The van der Waals surface area contributed by atoms with E-state index in [0.717, 1.165) is 0 Å². The molecule has 0 aromatic rings. The predicted octanol–water partition coefficient (Wildman–Crippen LogP) is 0.921. The van der Waals surface area contributed by atoms with Gasteiger partial charge >= 0.3 is 11.9 Å². The molecule has 0 radical (unpaired) electrons. The Bertz CT molecular complexity index is 240. The fourth-order valence-electron chi connectivity index (χ4n) is 1.38. The monoisotopic (exact) mass is 202 g/mol. The van der Waals surface area contributed by atoms with Gasteiger partial charge in [0, 0.05) is 6.42 Å². The summed E-state index contributed by atoms with van der Waals surface area (Å²) in [5, 5.41) is 17.5. The van der Waals surface area contributed by atoms with Crippen LogP contribution in [0.3, 0.4) is 0 Å². The molecule has 0 rings (SSSR count). The smallest absolute Gasteiger partial charge is 0.310 e. The Labute approximate surface area is 81.7 Å². The van der Waals surface area contributed by atoms with Gasteiger partial charge in [0.2, 0.25) is 0 Å². The fourth-order valence-corrected chi connectivity index (χ4v) is 1.38. The molecule has 5 nitrogen and oxygen atoms in total. The summed E-state index contributed by atoms with van der Waals surface area (Å²) in [6, 6.07) is 0. The van der Waals surface area contributed by atoms with Crippen LogP contribution in [0.2, 0.25) is 0 Å². The summed E-state index contributed by atoms with van der Waals surface area (Å²) in [5.74, 6) is -2.73. The molecule has 80 valence electrons. The summed E-state index contributed by atoms with van der Waals surface area (Å²) < 4.78 is 0. The Balaban J connectivity index is 4.87. The minimum atomic E-state index is -1.45. The van der Waals surface area contributed by atoms with Crippen molar-refractivity contribution in [3.8, 4) is 0 Å². The second kappa shape index (κ2) is 4.74. The van der Waals surface area contributed by atoms with Gasteiger partial charge in [-0.3, -0.25) is 14.4 Å². The van der Waals surface area contributed by atoms with Crippen molar-refractivity contribution < 1.29 is 24.6 Å². The van der Waals surface area contributed by atoms with E-state index in [1.807, 2.05) is 0 Å². The number of carbonyl (C=O) groups excluding carboxylic acids is 1. The van der Waals surface area contributed by atoms with E-state index in [4.69, 9.17) is 10.2 Å². The van der Waals surface area contributed by atoms with Crippen molar-refractivity contribution in [1.82, 2.24) is 0 Å². The molecule has 14 heavy (non-hydrogen) atoms. The number of hydrogen-bond donors (Lipinski definition) is 2. The van der Waals surface area contributed by atoms with Gasteiger partial charge in [0.25, 0.3) is 0 Å². The van der Waals surface area contributed by atoms with Gasteiger partial charge in [0.05, 0.1) is 11.8 Å². The zero-order valence-electron chi connectivity index (χ0n) is 8.24. The van der Waals surface area contributed by atoms with Gasteiger partial charge in [-0.05, 0) is 13.3 Å². The van der Waals surface area contributed by atoms with Crippen LogP contribution in [0.25, 0.3) is 0 Å². The summed E-state index contributed by atoms with van der Waals surface area (Å²) in [7, 11) is 0. The fraction of sp³-hybridized carbons (Fsp3) is 0.667. The lowest BCUT2D eigenvalue weighted by Gasteiger charge is -2.24. The van der Waals surface area contributed by atoms with Crippen molar-refractivity contribution in [3.63, 3.8) is 0 Å². The Morgan fingerprint density at radius 1 is 1.14 bits per heavy atom. The third kappa shape index (κ3) is 3.16. The standard InChI is InChI=1S/C9H14O5/c1-3-9(8(13)14,4-6(2)10)5-7(11)12/h3-5H2,1-2H3,(H,11,12)(H,13,14). The van der Waals surface area contributed by atoms with Gasteiger partial charge in [-0.15, -0.1) is 0 Å². The van der Waals surface area contributed by atoms with Crippen molar-refractivity contribution >= 4 is 17.7 Å². The summed E-state index contributed by atoms with van der Waals surface area (Å²) in [5.41, 5.74) is -1.45. The maximum Gasteiger partial charge on any atom is 0.310 e. The van der Waals surface area contributed by atoms with E-state index in [-0.39, 0.29) is 18.6 Å². The molecule has 0 saturated heterocycles. The Morgan fingerprint density at radius 3 is 1.86 bits per heavy atom. The summed E-state index contributed by atoms with van der Waals surface area (Å²) >= 11 is 0. The first-order valence-corrected chi connectivity index (χ1v) is 4.28. The highest BCUT2D eigenvalue weighted by atomic mass is 16.4. The molecule has 0 aromatic heterocycles. The average molecular weight is 202 g/mol. The zero-order valence-corrected chi connectivity index (χ0v) is 8.24. The van der Waals surface area contributed by atoms with Crippen LogP contribution in [0.15, 0.2) is 0 Å². The van der Waals surface area contributed by atoms with Crippen LogP contribution in [-0.4, -0.2) is 27.9 Å². The Hall–Kier alpha value is -1.39. The lowest BCUT2D eigenvalue weighted by atomic mass is 9.77. The number of rotatable bonds is 6. The lowest BCUT2D eigenvalue weighted by Crippen LogP contribution is -2.34. The van der Waals surface area contributed by atoms with Gasteiger partial charge in [-0.25, -0.2) is 0 Å². The molecule has 0 aromatic carbocycles. The highest BCUT2D eigenvalue weighted by Crippen LogP contribution is 2.31. The first kappa shape index (κ1) is 12.6. The number of hydrogen-bond acceptors (Lipinski definition) is 3. The van der Waals surface area contributed by atoms with E-state index in [1.165, 1.54) is 6.92 Å². The second-order valence-corrected chi connectivity index (χ2v) is 3.39. The van der Waals surface area contributed by atoms with Crippen LogP contribution >= 0.6 is 0 Å². The van der Waals surface area contributed by atoms with Crippen LogP contribution in [0.4, 0.5) is 0 Å². The first-order chi connectivity index (χ1) is 6.34. The van der Waals surface area contributed by atoms with Crippen LogP contribution in [0.1, 0.15) is 33.1 Å². The van der Waals surface area contributed by atoms with Crippen molar-refractivity contribution in [3.05, 3.63) is 0 Å². The molecule has 1 atom stereocenters. The highest BCUT2D eigenvalue weighted by Gasteiger charge is 2.40. The quantitative estimate of drug-likeness (QED) is 0.668. The molecular formula is C9H14O5. The summed E-state index contributed by atoms with van der Waals surface area (Å²) in [4.78, 5) is 32.2. The summed E-state index contributed by atoms with van der Waals surface area (Å²) in [6.45, 7) is 2.83. The molecular weight excluding hydrogens is 188 g/mol. The maximum absolute atomic E-state index is 10.9. The van der Waals surface area contributed by atoms with Crippen molar-refractivity contribution in [2.24, 2.45) is 5.41 Å². The van der Waals surface area contributed by atoms with Gasteiger partial charge in [0.15, 0.2) is 0 Å². The van der Waals surface area contributed by atoms with Gasteiger partial charge in [-0.1, -0.05) is 6.92 Å². The normalized spacial score (nSPS) is 14.4. The third-order valence-corrected chi connectivity index (χ3v) is 2.21. The predicted molar refractivity (Wildman–Crippen MR) is 47.9 cm³/mol. The molecule has 0 amide bonds. The van der Waals surface area contributed by atoms with E-state index in [1.54, 1.807) is 6.92 Å². The highest BCUT2D eigenvalue weighted by molar-refractivity contribution is 5.88. The average Bonchev–Trinajstić information content (AvgIpc) is 2.00. The molecule has 5 heteroatoms. The number of carbonyl (C=O) groups is 3. The minimum Gasteiger partial charge on any atom is -0.481 e. The van der Waals surface area contributed by atoms with E-state index >= 15 is 0 Å². The number of Topliss-reactive ketones (excluding diaryl/α,β-unsaturated/α-hetero) is 1. The molecule has 0 aliphatic carbocycles. The SMILES string of the molecule is CCC(CC(C)=O)(CC(=O)O)C(=O)O. The molecule has 0 saturated carbocycles. The van der Waals surface area contributed by atoms with E-state index in [2.05, 4.69) is 0 Å². The molecule has 1 unspecified atom stereocenters. The van der Waals surface area contributed by atoms with Crippen LogP contribution < -0.4 is 0 Å². The maximum atomic E-state index is 10.9. The van der Waals surface area contributed by atoms with Crippen LogP contribution in [0.5, 0.6) is 0 Å². The Kier molecular flexibility index (Phi) is 4.27.